The first kappa shape index (κ1) is 16.9. The summed E-state index contributed by atoms with van der Waals surface area (Å²) in [6.45, 7) is 13.8. The summed E-state index contributed by atoms with van der Waals surface area (Å²) >= 11 is 2.11. The fourth-order valence-electron chi connectivity index (χ4n) is 3.16. The lowest BCUT2D eigenvalue weighted by molar-refractivity contribution is 0.166. The zero-order valence-electron chi connectivity index (χ0n) is 13.9. The summed E-state index contributed by atoms with van der Waals surface area (Å²) in [6, 6.07) is 11.7. The van der Waals surface area contributed by atoms with Crippen molar-refractivity contribution >= 4 is 11.8 Å². The van der Waals surface area contributed by atoms with Crippen LogP contribution < -0.4 is 5.32 Å². The monoisotopic (exact) mass is 306 g/mol. The van der Waals surface area contributed by atoms with Gasteiger partial charge in [-0.2, -0.15) is 11.8 Å². The quantitative estimate of drug-likeness (QED) is 0.867. The summed E-state index contributed by atoms with van der Waals surface area (Å²) < 4.78 is 0. The number of thioether (sulfide) groups is 1. The first-order chi connectivity index (χ1) is 10.1. The number of nitrogens with zero attached hydrogens (tertiary/aromatic N) is 1. The number of nitrogens with one attached hydrogen (secondary N) is 1. The molecular formula is C18H30N2S. The third kappa shape index (κ3) is 4.24. The maximum absolute atomic E-state index is 3.57. The molecule has 0 radical (unpaired) electrons. The van der Waals surface area contributed by atoms with E-state index >= 15 is 0 Å². The van der Waals surface area contributed by atoms with Crippen LogP contribution in [0.5, 0.6) is 0 Å². The average Bonchev–Trinajstić information content (AvgIpc) is 2.51. The Morgan fingerprint density at radius 3 is 2.67 bits per heavy atom. The SMILES string of the molecule is CCNCC(C)(CN1CCSC(C)C1C)c1ccccc1. The Labute approximate surface area is 134 Å². The fraction of sp³-hybridized carbons (Fsp3) is 0.667. The van der Waals surface area contributed by atoms with Crippen molar-refractivity contribution in [1.82, 2.24) is 10.2 Å². The van der Waals surface area contributed by atoms with Gasteiger partial charge in [-0.1, -0.05) is 51.1 Å². The van der Waals surface area contributed by atoms with Crippen LogP contribution in [0, 0.1) is 0 Å². The van der Waals surface area contributed by atoms with Crippen molar-refractivity contribution in [2.24, 2.45) is 0 Å². The molecule has 2 rings (SSSR count). The minimum Gasteiger partial charge on any atom is -0.316 e. The zero-order chi connectivity index (χ0) is 15.3. The third-order valence-electron chi connectivity index (χ3n) is 4.80. The summed E-state index contributed by atoms with van der Waals surface area (Å²) in [6.07, 6.45) is 0. The molecule has 1 aromatic carbocycles. The molecule has 21 heavy (non-hydrogen) atoms. The smallest absolute Gasteiger partial charge is 0.0184 e. The highest BCUT2D eigenvalue weighted by molar-refractivity contribution is 8.00. The molecule has 3 heteroatoms. The maximum atomic E-state index is 3.57. The second kappa shape index (κ2) is 7.66. The van der Waals surface area contributed by atoms with Gasteiger partial charge in [-0.3, -0.25) is 4.90 Å². The largest absolute Gasteiger partial charge is 0.316 e. The highest BCUT2D eigenvalue weighted by atomic mass is 32.2. The van der Waals surface area contributed by atoms with Crippen molar-refractivity contribution < 1.29 is 0 Å². The Morgan fingerprint density at radius 1 is 1.29 bits per heavy atom. The molecule has 1 aromatic rings. The van der Waals surface area contributed by atoms with E-state index in [-0.39, 0.29) is 5.41 Å². The number of benzene rings is 1. The van der Waals surface area contributed by atoms with Gasteiger partial charge in [-0.25, -0.2) is 0 Å². The van der Waals surface area contributed by atoms with Crippen LogP contribution >= 0.6 is 11.8 Å². The molecular weight excluding hydrogens is 276 g/mol. The van der Waals surface area contributed by atoms with Gasteiger partial charge in [0.15, 0.2) is 0 Å². The van der Waals surface area contributed by atoms with E-state index in [2.05, 4.69) is 80.0 Å². The molecule has 1 aliphatic heterocycles. The normalized spacial score (nSPS) is 26.5. The van der Waals surface area contributed by atoms with Crippen LogP contribution in [0.25, 0.3) is 0 Å². The first-order valence-electron chi connectivity index (χ1n) is 8.19. The fourth-order valence-corrected chi connectivity index (χ4v) is 4.32. The molecule has 1 fully saturated rings. The summed E-state index contributed by atoms with van der Waals surface area (Å²) in [7, 11) is 0. The van der Waals surface area contributed by atoms with Crippen LogP contribution in [-0.2, 0) is 5.41 Å². The van der Waals surface area contributed by atoms with Gasteiger partial charge in [-0.15, -0.1) is 0 Å². The second-order valence-electron chi connectivity index (χ2n) is 6.49. The van der Waals surface area contributed by atoms with Crippen molar-refractivity contribution in [2.45, 2.75) is 44.4 Å². The minimum atomic E-state index is 0.174. The van der Waals surface area contributed by atoms with Gasteiger partial charge in [0.05, 0.1) is 0 Å². The molecule has 118 valence electrons. The maximum Gasteiger partial charge on any atom is 0.0184 e. The lowest BCUT2D eigenvalue weighted by atomic mass is 9.81. The van der Waals surface area contributed by atoms with E-state index in [1.54, 1.807) is 0 Å². The summed E-state index contributed by atoms with van der Waals surface area (Å²) in [5, 5.41) is 4.31. The summed E-state index contributed by atoms with van der Waals surface area (Å²) in [5.74, 6) is 1.26. The highest BCUT2D eigenvalue weighted by Crippen LogP contribution is 2.30. The van der Waals surface area contributed by atoms with Crippen molar-refractivity contribution in [2.75, 3.05) is 31.9 Å². The van der Waals surface area contributed by atoms with Crippen LogP contribution in [0.15, 0.2) is 30.3 Å². The van der Waals surface area contributed by atoms with E-state index in [0.717, 1.165) is 24.9 Å². The Kier molecular flexibility index (Phi) is 6.15. The van der Waals surface area contributed by atoms with Crippen LogP contribution in [0.1, 0.15) is 33.3 Å². The average molecular weight is 307 g/mol. The van der Waals surface area contributed by atoms with Gasteiger partial charge >= 0.3 is 0 Å². The van der Waals surface area contributed by atoms with Crippen molar-refractivity contribution in [1.29, 1.82) is 0 Å². The molecule has 0 saturated carbocycles. The molecule has 0 aliphatic carbocycles. The molecule has 0 aromatic heterocycles. The van der Waals surface area contributed by atoms with Crippen LogP contribution in [0.3, 0.4) is 0 Å². The molecule has 1 heterocycles. The lowest BCUT2D eigenvalue weighted by Gasteiger charge is -2.43. The predicted molar refractivity (Wildman–Crippen MR) is 95.3 cm³/mol. The molecule has 1 N–H and O–H groups in total. The van der Waals surface area contributed by atoms with Crippen molar-refractivity contribution in [3.8, 4) is 0 Å². The molecule has 0 amide bonds. The van der Waals surface area contributed by atoms with Crippen LogP contribution in [0.2, 0.25) is 0 Å². The summed E-state index contributed by atoms with van der Waals surface area (Å²) in [4.78, 5) is 2.69. The van der Waals surface area contributed by atoms with Gasteiger partial charge < -0.3 is 5.32 Å². The van der Waals surface area contributed by atoms with Crippen LogP contribution in [0.4, 0.5) is 0 Å². The number of hydrogen-bond acceptors (Lipinski definition) is 3. The van der Waals surface area contributed by atoms with E-state index in [4.69, 9.17) is 0 Å². The predicted octanol–water partition coefficient (Wildman–Crippen LogP) is 3.38. The number of rotatable bonds is 6. The van der Waals surface area contributed by atoms with E-state index in [9.17, 15) is 0 Å². The number of likely N-dealkylation sites (N-methyl/N-ethyl adjacent to an activating group) is 1. The van der Waals surface area contributed by atoms with Gasteiger partial charge in [0, 0.05) is 42.1 Å². The lowest BCUT2D eigenvalue weighted by Crippen LogP contribution is -2.52. The minimum absolute atomic E-state index is 0.174. The van der Waals surface area contributed by atoms with E-state index in [1.807, 2.05) is 0 Å². The molecule has 0 bridgehead atoms. The van der Waals surface area contributed by atoms with E-state index < -0.39 is 0 Å². The zero-order valence-corrected chi connectivity index (χ0v) is 14.7. The highest BCUT2D eigenvalue weighted by Gasteiger charge is 2.33. The van der Waals surface area contributed by atoms with Gasteiger partial charge in [0.2, 0.25) is 0 Å². The second-order valence-corrected chi connectivity index (χ2v) is 7.98. The first-order valence-corrected chi connectivity index (χ1v) is 9.23. The molecule has 2 nitrogen and oxygen atoms in total. The van der Waals surface area contributed by atoms with Crippen molar-refractivity contribution in [3.05, 3.63) is 35.9 Å². The third-order valence-corrected chi connectivity index (χ3v) is 6.14. The van der Waals surface area contributed by atoms with Gasteiger partial charge in [0.1, 0.15) is 0 Å². The molecule has 1 saturated heterocycles. The standard InChI is InChI=1S/C18H30N2S/c1-5-19-13-18(4,17-9-7-6-8-10-17)14-20-11-12-21-16(3)15(20)2/h6-10,15-16,19H,5,11-14H2,1-4H3. The molecule has 3 atom stereocenters. The van der Waals surface area contributed by atoms with E-state index in [0.29, 0.717) is 6.04 Å². The Balaban J connectivity index is 2.16. The molecule has 0 spiro atoms. The van der Waals surface area contributed by atoms with E-state index in [1.165, 1.54) is 17.9 Å². The van der Waals surface area contributed by atoms with Crippen LogP contribution in [-0.4, -0.2) is 48.1 Å². The topological polar surface area (TPSA) is 15.3 Å². The number of hydrogen-bond donors (Lipinski definition) is 1. The van der Waals surface area contributed by atoms with Gasteiger partial charge in [0.25, 0.3) is 0 Å². The molecule has 1 aliphatic rings. The molecule has 3 unspecified atom stereocenters. The Morgan fingerprint density at radius 2 is 2.00 bits per heavy atom. The van der Waals surface area contributed by atoms with Gasteiger partial charge in [-0.05, 0) is 19.0 Å². The summed E-state index contributed by atoms with van der Waals surface area (Å²) in [5.41, 5.74) is 1.62. The van der Waals surface area contributed by atoms with Crippen molar-refractivity contribution in [3.63, 3.8) is 0 Å². The Bertz CT molecular complexity index is 422. The Hall–Kier alpha value is -0.510.